The molecule has 0 radical (unpaired) electrons. The van der Waals surface area contributed by atoms with Gasteiger partial charge in [-0.1, -0.05) is 35.5 Å². The van der Waals surface area contributed by atoms with Crippen LogP contribution in [0.4, 0.5) is 5.69 Å². The Labute approximate surface area is 211 Å². The molecule has 5 rings (SSSR count). The summed E-state index contributed by atoms with van der Waals surface area (Å²) in [5, 5.41) is 4.82. The molecular weight excluding hydrogens is 486 g/mol. The van der Waals surface area contributed by atoms with E-state index in [9.17, 15) is 9.59 Å². The molecule has 4 aromatic rings. The van der Waals surface area contributed by atoms with Gasteiger partial charge in [-0.3, -0.25) is 14.2 Å². The zero-order chi connectivity index (χ0) is 23.8. The average Bonchev–Trinajstić information content (AvgIpc) is 3.20. The van der Waals surface area contributed by atoms with Gasteiger partial charge < -0.3 is 5.32 Å². The summed E-state index contributed by atoms with van der Waals surface area (Å²) < 4.78 is 1.62. The van der Waals surface area contributed by atoms with Gasteiger partial charge in [-0.2, -0.15) is 0 Å². The number of hydrogen-bond donors (Lipinski definition) is 1. The van der Waals surface area contributed by atoms with E-state index < -0.39 is 0 Å². The molecule has 0 saturated heterocycles. The first kappa shape index (κ1) is 23.1. The van der Waals surface area contributed by atoms with Crippen molar-refractivity contribution >= 4 is 56.5 Å². The van der Waals surface area contributed by atoms with Gasteiger partial charge in [0.15, 0.2) is 5.16 Å². The monoisotopic (exact) mass is 509 g/mol. The Hall–Kier alpha value is -2.61. The summed E-state index contributed by atoms with van der Waals surface area (Å²) >= 11 is 8.98. The second kappa shape index (κ2) is 9.56. The summed E-state index contributed by atoms with van der Waals surface area (Å²) in [4.78, 5) is 33.5. The van der Waals surface area contributed by atoms with E-state index in [1.54, 1.807) is 28.0 Å². The lowest BCUT2D eigenvalue weighted by Gasteiger charge is -2.14. The van der Waals surface area contributed by atoms with Crippen LogP contribution in [-0.4, -0.2) is 21.2 Å². The maximum Gasteiger partial charge on any atom is 0.267 e. The van der Waals surface area contributed by atoms with Crippen molar-refractivity contribution in [2.24, 2.45) is 0 Å². The summed E-state index contributed by atoms with van der Waals surface area (Å²) in [6, 6.07) is 13.1. The van der Waals surface area contributed by atoms with Gasteiger partial charge >= 0.3 is 0 Å². The molecule has 0 aliphatic heterocycles. The van der Waals surface area contributed by atoms with Crippen molar-refractivity contribution in [2.75, 3.05) is 11.1 Å². The van der Waals surface area contributed by atoms with Crippen LogP contribution in [-0.2, 0) is 17.6 Å². The predicted octanol–water partition coefficient (Wildman–Crippen LogP) is 6.33. The van der Waals surface area contributed by atoms with Crippen LogP contribution in [0.15, 0.2) is 52.4 Å². The molecule has 0 bridgehead atoms. The zero-order valence-electron chi connectivity index (χ0n) is 19.0. The minimum atomic E-state index is -0.138. The fourth-order valence-electron chi connectivity index (χ4n) is 4.29. The number of hydrogen-bond acceptors (Lipinski definition) is 5. The predicted molar refractivity (Wildman–Crippen MR) is 142 cm³/mol. The smallest absolute Gasteiger partial charge is 0.267 e. The van der Waals surface area contributed by atoms with Crippen LogP contribution in [0.5, 0.6) is 0 Å². The van der Waals surface area contributed by atoms with Crippen LogP contribution < -0.4 is 10.9 Å². The molecule has 1 aliphatic carbocycles. The van der Waals surface area contributed by atoms with Crippen LogP contribution in [0.25, 0.3) is 15.9 Å². The Bertz CT molecular complexity index is 1460. The van der Waals surface area contributed by atoms with E-state index in [1.807, 2.05) is 44.2 Å². The Morgan fingerprint density at radius 1 is 1.15 bits per heavy atom. The molecule has 0 fully saturated rings. The molecule has 1 N–H and O–H groups in total. The second-order valence-electron chi connectivity index (χ2n) is 8.56. The highest BCUT2D eigenvalue weighted by atomic mass is 35.5. The van der Waals surface area contributed by atoms with Gasteiger partial charge in [0.1, 0.15) is 4.83 Å². The minimum absolute atomic E-state index is 0.0795. The fraction of sp³-hybridized carbons (Fsp3) is 0.269. The van der Waals surface area contributed by atoms with Crippen molar-refractivity contribution in [1.29, 1.82) is 0 Å². The van der Waals surface area contributed by atoms with Crippen LogP contribution >= 0.6 is 34.7 Å². The number of carbonyl (C=O) groups is 1. The number of aryl methyl sites for hydroxylation is 4. The fourth-order valence-corrected chi connectivity index (χ4v) is 6.53. The van der Waals surface area contributed by atoms with Crippen molar-refractivity contribution in [2.45, 2.75) is 44.7 Å². The average molecular weight is 510 g/mol. The lowest BCUT2D eigenvalue weighted by atomic mass is 9.97. The van der Waals surface area contributed by atoms with Gasteiger partial charge in [0.2, 0.25) is 5.91 Å². The molecule has 2 heterocycles. The van der Waals surface area contributed by atoms with Gasteiger partial charge in [-0.15, -0.1) is 11.3 Å². The Kier molecular flexibility index (Phi) is 6.51. The molecule has 34 heavy (non-hydrogen) atoms. The van der Waals surface area contributed by atoms with Crippen LogP contribution in [0.3, 0.4) is 0 Å². The first-order valence-electron chi connectivity index (χ1n) is 11.2. The Morgan fingerprint density at radius 3 is 2.71 bits per heavy atom. The van der Waals surface area contributed by atoms with Gasteiger partial charge in [0, 0.05) is 15.6 Å². The third kappa shape index (κ3) is 4.52. The maximum absolute atomic E-state index is 13.8. The number of rotatable bonds is 5. The third-order valence-corrected chi connectivity index (χ3v) is 8.42. The van der Waals surface area contributed by atoms with E-state index in [4.69, 9.17) is 16.6 Å². The number of anilines is 1. The van der Waals surface area contributed by atoms with Crippen LogP contribution in [0.2, 0.25) is 5.02 Å². The standard InChI is InChI=1S/C26H24ClN3O2S2/c1-15-7-8-16(2)20(13-15)28-22(31)14-33-26-29-24-23(19-5-3-4-6-21(19)34-24)25(32)30(26)18-11-9-17(27)10-12-18/h7-13H,3-6,14H2,1-2H3,(H,28,31). The lowest BCUT2D eigenvalue weighted by molar-refractivity contribution is -0.113. The summed E-state index contributed by atoms with van der Waals surface area (Å²) in [7, 11) is 0. The van der Waals surface area contributed by atoms with Crippen LogP contribution in [0, 0.1) is 13.8 Å². The van der Waals surface area contributed by atoms with E-state index in [2.05, 4.69) is 5.32 Å². The molecule has 2 aromatic carbocycles. The van der Waals surface area contributed by atoms with E-state index in [1.165, 1.54) is 16.6 Å². The van der Waals surface area contributed by atoms with Gasteiger partial charge in [0.25, 0.3) is 5.56 Å². The Balaban J connectivity index is 1.52. The lowest BCUT2D eigenvalue weighted by Crippen LogP contribution is -2.23. The molecule has 174 valence electrons. The van der Waals surface area contributed by atoms with Crippen molar-refractivity contribution < 1.29 is 4.79 Å². The number of thioether (sulfide) groups is 1. The molecule has 0 saturated carbocycles. The summed E-state index contributed by atoms with van der Waals surface area (Å²) in [6.07, 6.45) is 4.15. The summed E-state index contributed by atoms with van der Waals surface area (Å²) in [5.41, 5.74) is 4.65. The molecule has 2 aromatic heterocycles. The molecule has 5 nitrogen and oxygen atoms in total. The van der Waals surface area contributed by atoms with Crippen molar-refractivity contribution in [1.82, 2.24) is 9.55 Å². The van der Waals surface area contributed by atoms with E-state index in [0.29, 0.717) is 15.9 Å². The zero-order valence-corrected chi connectivity index (χ0v) is 21.4. The normalized spacial score (nSPS) is 13.1. The number of nitrogens with one attached hydrogen (secondary N) is 1. The first-order chi connectivity index (χ1) is 16.4. The molecular formula is C26H24ClN3O2S2. The van der Waals surface area contributed by atoms with Crippen LogP contribution in [0.1, 0.15) is 34.4 Å². The molecule has 0 unspecified atom stereocenters. The third-order valence-electron chi connectivity index (χ3n) is 6.04. The van der Waals surface area contributed by atoms with Gasteiger partial charge in [0.05, 0.1) is 16.8 Å². The quantitative estimate of drug-likeness (QED) is 0.252. The SMILES string of the molecule is Cc1ccc(C)c(NC(=O)CSc2nc3sc4c(c3c(=O)n2-c2ccc(Cl)cc2)CCCC4)c1. The van der Waals surface area contributed by atoms with Gasteiger partial charge in [-0.05, 0) is 86.6 Å². The number of nitrogens with zero attached hydrogens (tertiary/aromatic N) is 2. The number of benzene rings is 2. The summed E-state index contributed by atoms with van der Waals surface area (Å²) in [6.45, 7) is 3.96. The number of aromatic nitrogens is 2. The van der Waals surface area contributed by atoms with E-state index in [-0.39, 0.29) is 17.2 Å². The maximum atomic E-state index is 13.8. The highest BCUT2D eigenvalue weighted by Gasteiger charge is 2.23. The largest absolute Gasteiger partial charge is 0.325 e. The number of amides is 1. The molecule has 8 heteroatoms. The summed E-state index contributed by atoms with van der Waals surface area (Å²) in [5.74, 6) is 0.00506. The number of halogens is 1. The number of thiophene rings is 1. The van der Waals surface area contributed by atoms with E-state index in [0.717, 1.165) is 58.3 Å². The second-order valence-corrected chi connectivity index (χ2v) is 11.0. The topological polar surface area (TPSA) is 64.0 Å². The number of carbonyl (C=O) groups excluding carboxylic acids is 1. The molecule has 1 aliphatic rings. The molecule has 0 spiro atoms. The molecule has 0 atom stereocenters. The number of fused-ring (bicyclic) bond motifs is 3. The highest BCUT2D eigenvalue weighted by molar-refractivity contribution is 7.99. The van der Waals surface area contributed by atoms with Crippen molar-refractivity contribution in [3.8, 4) is 5.69 Å². The van der Waals surface area contributed by atoms with Crippen molar-refractivity contribution in [3.63, 3.8) is 0 Å². The van der Waals surface area contributed by atoms with E-state index >= 15 is 0 Å². The van der Waals surface area contributed by atoms with Gasteiger partial charge in [-0.25, -0.2) is 4.98 Å². The minimum Gasteiger partial charge on any atom is -0.325 e. The van der Waals surface area contributed by atoms with Crippen molar-refractivity contribution in [3.05, 3.63) is 79.4 Å². The molecule has 1 amide bonds. The highest BCUT2D eigenvalue weighted by Crippen LogP contribution is 2.35. The Morgan fingerprint density at radius 2 is 1.91 bits per heavy atom. The first-order valence-corrected chi connectivity index (χ1v) is 13.4.